The maximum absolute atomic E-state index is 11.0. The second kappa shape index (κ2) is 4.25. The lowest BCUT2D eigenvalue weighted by molar-refractivity contribution is 0.0693. The normalized spacial score (nSPS) is 10.2. The summed E-state index contributed by atoms with van der Waals surface area (Å²) in [6.07, 6.45) is 1.53. The SMILES string of the molecule is COc1ccc(-n2cnc(C)n2)cc1C(=O)O. The van der Waals surface area contributed by atoms with Crippen LogP contribution in [0.2, 0.25) is 0 Å². The largest absolute Gasteiger partial charge is 0.496 e. The number of nitrogens with zero attached hydrogens (tertiary/aromatic N) is 3. The number of carboxylic acid groups (broad SMARTS) is 1. The molecule has 17 heavy (non-hydrogen) atoms. The fourth-order valence-corrected chi connectivity index (χ4v) is 1.48. The summed E-state index contributed by atoms with van der Waals surface area (Å²) in [4.78, 5) is 15.0. The molecule has 0 bridgehead atoms. The van der Waals surface area contributed by atoms with E-state index in [1.54, 1.807) is 19.1 Å². The molecule has 0 aliphatic rings. The minimum absolute atomic E-state index is 0.0955. The lowest BCUT2D eigenvalue weighted by Gasteiger charge is -2.07. The van der Waals surface area contributed by atoms with Crippen molar-refractivity contribution in [1.82, 2.24) is 14.8 Å². The molecule has 1 aromatic carbocycles. The number of carbonyl (C=O) groups is 1. The van der Waals surface area contributed by atoms with Crippen molar-refractivity contribution >= 4 is 5.97 Å². The smallest absolute Gasteiger partial charge is 0.339 e. The molecular formula is C11H11N3O3. The Morgan fingerprint density at radius 3 is 2.76 bits per heavy atom. The first-order valence-electron chi connectivity index (χ1n) is 4.92. The first-order valence-corrected chi connectivity index (χ1v) is 4.92. The van der Waals surface area contributed by atoms with Crippen molar-refractivity contribution in [3.8, 4) is 11.4 Å². The van der Waals surface area contributed by atoms with Crippen molar-refractivity contribution in [2.45, 2.75) is 6.92 Å². The summed E-state index contributed by atoms with van der Waals surface area (Å²) >= 11 is 0. The van der Waals surface area contributed by atoms with E-state index in [9.17, 15) is 4.79 Å². The number of hydrogen-bond donors (Lipinski definition) is 1. The van der Waals surface area contributed by atoms with Crippen LogP contribution in [-0.4, -0.2) is 33.0 Å². The van der Waals surface area contributed by atoms with Crippen LogP contribution in [0.3, 0.4) is 0 Å². The number of benzene rings is 1. The fourth-order valence-electron chi connectivity index (χ4n) is 1.48. The minimum atomic E-state index is -1.04. The van der Waals surface area contributed by atoms with Crippen LogP contribution < -0.4 is 4.74 Å². The number of aromatic nitrogens is 3. The average Bonchev–Trinajstić information content (AvgIpc) is 2.75. The van der Waals surface area contributed by atoms with E-state index in [4.69, 9.17) is 9.84 Å². The highest BCUT2D eigenvalue weighted by molar-refractivity contribution is 5.91. The van der Waals surface area contributed by atoms with Crippen LogP contribution in [0.1, 0.15) is 16.2 Å². The van der Waals surface area contributed by atoms with E-state index >= 15 is 0 Å². The predicted octanol–water partition coefficient (Wildman–Crippen LogP) is 1.28. The van der Waals surface area contributed by atoms with Crippen molar-refractivity contribution in [3.63, 3.8) is 0 Å². The Labute approximate surface area is 97.5 Å². The maximum atomic E-state index is 11.0. The molecule has 0 saturated carbocycles. The van der Waals surface area contributed by atoms with Gasteiger partial charge in [-0.25, -0.2) is 14.5 Å². The van der Waals surface area contributed by atoms with Crippen LogP contribution in [0.5, 0.6) is 5.75 Å². The van der Waals surface area contributed by atoms with E-state index in [0.717, 1.165) is 0 Å². The van der Waals surface area contributed by atoms with Gasteiger partial charge in [0.2, 0.25) is 0 Å². The van der Waals surface area contributed by atoms with Crippen LogP contribution in [0.4, 0.5) is 0 Å². The molecule has 2 rings (SSSR count). The third-order valence-electron chi connectivity index (χ3n) is 2.28. The minimum Gasteiger partial charge on any atom is -0.496 e. The zero-order valence-corrected chi connectivity index (χ0v) is 9.41. The number of aryl methyl sites for hydroxylation is 1. The fraction of sp³-hybridized carbons (Fsp3) is 0.182. The summed E-state index contributed by atoms with van der Waals surface area (Å²) in [6, 6.07) is 4.81. The molecule has 0 saturated heterocycles. The number of methoxy groups -OCH3 is 1. The molecular weight excluding hydrogens is 222 g/mol. The van der Waals surface area contributed by atoms with E-state index in [-0.39, 0.29) is 5.56 Å². The van der Waals surface area contributed by atoms with Gasteiger partial charge < -0.3 is 9.84 Å². The van der Waals surface area contributed by atoms with E-state index in [2.05, 4.69) is 10.1 Å². The number of carboxylic acids is 1. The molecule has 0 spiro atoms. The summed E-state index contributed by atoms with van der Waals surface area (Å²) in [5.41, 5.74) is 0.724. The van der Waals surface area contributed by atoms with Crippen molar-refractivity contribution in [3.05, 3.63) is 35.9 Å². The molecule has 6 nitrogen and oxygen atoms in total. The van der Waals surface area contributed by atoms with Crippen molar-refractivity contribution in [2.24, 2.45) is 0 Å². The van der Waals surface area contributed by atoms with Crippen LogP contribution in [0.25, 0.3) is 5.69 Å². The highest BCUT2D eigenvalue weighted by Gasteiger charge is 2.12. The van der Waals surface area contributed by atoms with E-state index in [1.165, 1.54) is 24.2 Å². The second-order valence-corrected chi connectivity index (χ2v) is 3.43. The molecule has 0 aliphatic carbocycles. The molecule has 0 atom stereocenters. The Kier molecular flexibility index (Phi) is 2.78. The van der Waals surface area contributed by atoms with Crippen molar-refractivity contribution < 1.29 is 14.6 Å². The standard InChI is InChI=1S/C11H11N3O3/c1-7-12-6-14(13-7)8-3-4-10(17-2)9(5-8)11(15)16/h3-6H,1-2H3,(H,15,16). The lowest BCUT2D eigenvalue weighted by Crippen LogP contribution is -2.03. The lowest BCUT2D eigenvalue weighted by atomic mass is 10.2. The van der Waals surface area contributed by atoms with Crippen LogP contribution in [0.15, 0.2) is 24.5 Å². The first-order chi connectivity index (χ1) is 8.11. The third kappa shape index (κ3) is 2.10. The van der Waals surface area contributed by atoms with Gasteiger partial charge >= 0.3 is 5.97 Å². The van der Waals surface area contributed by atoms with Crippen LogP contribution >= 0.6 is 0 Å². The topological polar surface area (TPSA) is 77.2 Å². The monoisotopic (exact) mass is 233 g/mol. The van der Waals surface area contributed by atoms with E-state index < -0.39 is 5.97 Å². The Balaban J connectivity index is 2.50. The molecule has 88 valence electrons. The van der Waals surface area contributed by atoms with Gasteiger partial charge in [0.05, 0.1) is 12.8 Å². The van der Waals surface area contributed by atoms with Gasteiger partial charge in [-0.15, -0.1) is 0 Å². The predicted molar refractivity (Wildman–Crippen MR) is 59.6 cm³/mol. The molecule has 0 aliphatic heterocycles. The van der Waals surface area contributed by atoms with Crippen LogP contribution in [0, 0.1) is 6.92 Å². The molecule has 6 heteroatoms. The third-order valence-corrected chi connectivity index (χ3v) is 2.28. The summed E-state index contributed by atoms with van der Waals surface area (Å²) in [7, 11) is 1.43. The molecule has 0 unspecified atom stereocenters. The number of ether oxygens (including phenoxy) is 1. The van der Waals surface area contributed by atoms with Crippen LogP contribution in [-0.2, 0) is 0 Å². The molecule has 0 radical (unpaired) electrons. The Hall–Kier alpha value is -2.37. The van der Waals surface area contributed by atoms with Gasteiger partial charge in [-0.2, -0.15) is 5.10 Å². The quantitative estimate of drug-likeness (QED) is 0.864. The molecule has 1 N–H and O–H groups in total. The number of hydrogen-bond acceptors (Lipinski definition) is 4. The molecule has 1 aromatic heterocycles. The van der Waals surface area contributed by atoms with Gasteiger partial charge in [0.1, 0.15) is 23.5 Å². The second-order valence-electron chi connectivity index (χ2n) is 3.43. The zero-order valence-electron chi connectivity index (χ0n) is 9.41. The van der Waals surface area contributed by atoms with Crippen molar-refractivity contribution in [2.75, 3.05) is 7.11 Å². The van der Waals surface area contributed by atoms with Gasteiger partial charge in [-0.05, 0) is 25.1 Å². The summed E-state index contributed by atoms with van der Waals surface area (Å²) in [6.45, 7) is 1.76. The summed E-state index contributed by atoms with van der Waals surface area (Å²) in [5, 5.41) is 13.2. The number of rotatable bonds is 3. The average molecular weight is 233 g/mol. The Bertz CT molecular complexity index is 563. The highest BCUT2D eigenvalue weighted by Crippen LogP contribution is 2.21. The molecule has 0 amide bonds. The summed E-state index contributed by atoms with van der Waals surface area (Å²) in [5.74, 6) is -0.101. The molecule has 1 heterocycles. The molecule has 2 aromatic rings. The van der Waals surface area contributed by atoms with Gasteiger partial charge in [0.25, 0.3) is 0 Å². The van der Waals surface area contributed by atoms with Crippen molar-refractivity contribution in [1.29, 1.82) is 0 Å². The zero-order chi connectivity index (χ0) is 12.4. The summed E-state index contributed by atoms with van der Waals surface area (Å²) < 4.78 is 6.49. The molecule has 0 fully saturated rings. The van der Waals surface area contributed by atoms with Gasteiger partial charge in [0, 0.05) is 0 Å². The number of aromatic carboxylic acids is 1. The van der Waals surface area contributed by atoms with E-state index in [0.29, 0.717) is 17.3 Å². The highest BCUT2D eigenvalue weighted by atomic mass is 16.5. The van der Waals surface area contributed by atoms with Gasteiger partial charge in [0.15, 0.2) is 0 Å². The van der Waals surface area contributed by atoms with E-state index in [1.807, 2.05) is 0 Å². The Morgan fingerprint density at radius 1 is 1.47 bits per heavy atom. The maximum Gasteiger partial charge on any atom is 0.339 e. The van der Waals surface area contributed by atoms with Gasteiger partial charge in [-0.3, -0.25) is 0 Å². The van der Waals surface area contributed by atoms with Gasteiger partial charge in [-0.1, -0.05) is 0 Å². The first kappa shape index (κ1) is 11.1. The Morgan fingerprint density at radius 2 is 2.24 bits per heavy atom.